The van der Waals surface area contributed by atoms with Crippen molar-refractivity contribution in [1.82, 2.24) is 0 Å². The molecular formula is C26H24FN3O5. The fraction of sp³-hybridized carbons (Fsp3) is 0.115. The highest BCUT2D eigenvalue weighted by Gasteiger charge is 2.18. The van der Waals surface area contributed by atoms with Crippen LogP contribution in [0.25, 0.3) is 0 Å². The van der Waals surface area contributed by atoms with Crippen LogP contribution in [-0.2, 0) is 9.53 Å². The smallest absolute Gasteiger partial charge is 0.412 e. The first kappa shape index (κ1) is 25.0. The lowest BCUT2D eigenvalue weighted by atomic mass is 10.1. The molecule has 0 radical (unpaired) electrons. The number of phenolic OH excluding ortho intramolecular Hbond substituents is 1. The van der Waals surface area contributed by atoms with Gasteiger partial charge in [-0.25, -0.2) is 9.18 Å². The molecule has 0 aliphatic heterocycles. The maximum atomic E-state index is 13.9. The van der Waals surface area contributed by atoms with Crippen LogP contribution >= 0.6 is 0 Å². The molecule has 0 aliphatic rings. The zero-order valence-electron chi connectivity index (χ0n) is 18.8. The van der Waals surface area contributed by atoms with Gasteiger partial charge < -0.3 is 20.9 Å². The van der Waals surface area contributed by atoms with E-state index in [-0.39, 0.29) is 17.8 Å². The number of phenols is 1. The summed E-state index contributed by atoms with van der Waals surface area (Å²) in [5.41, 5.74) is 7.83. The number of amides is 2. The number of nitrogens with one attached hydrogen (secondary N) is 2. The average Bonchev–Trinajstić information content (AvgIpc) is 2.82. The third kappa shape index (κ3) is 7.16. The molecule has 8 nitrogen and oxygen atoms in total. The Bertz CT molecular complexity index is 1260. The highest BCUT2D eigenvalue weighted by atomic mass is 19.1. The minimum absolute atomic E-state index is 0.0403. The number of anilines is 3. The summed E-state index contributed by atoms with van der Waals surface area (Å²) in [6.45, 7) is 1.43. The normalized spacial score (nSPS) is 11.6. The molecule has 2 amide bonds. The van der Waals surface area contributed by atoms with Gasteiger partial charge in [0, 0.05) is 17.7 Å². The van der Waals surface area contributed by atoms with Crippen molar-refractivity contribution in [2.75, 3.05) is 16.4 Å². The van der Waals surface area contributed by atoms with Crippen LogP contribution < -0.4 is 16.4 Å². The van der Waals surface area contributed by atoms with Gasteiger partial charge in [-0.15, -0.1) is 0 Å². The van der Waals surface area contributed by atoms with E-state index < -0.39 is 29.7 Å². The number of nitrogens with two attached hydrogens (primary N) is 1. The van der Waals surface area contributed by atoms with E-state index in [4.69, 9.17) is 10.5 Å². The van der Waals surface area contributed by atoms with Gasteiger partial charge in [0.15, 0.2) is 17.3 Å². The first-order valence-corrected chi connectivity index (χ1v) is 10.6. The van der Waals surface area contributed by atoms with Crippen LogP contribution in [0.2, 0.25) is 0 Å². The van der Waals surface area contributed by atoms with Crippen LogP contribution in [0.1, 0.15) is 35.4 Å². The molecule has 35 heavy (non-hydrogen) atoms. The fourth-order valence-corrected chi connectivity index (χ4v) is 3.12. The highest BCUT2D eigenvalue weighted by molar-refractivity contribution is 6.01. The zero-order valence-corrected chi connectivity index (χ0v) is 18.8. The van der Waals surface area contributed by atoms with E-state index in [9.17, 15) is 23.9 Å². The van der Waals surface area contributed by atoms with Crippen LogP contribution in [-0.4, -0.2) is 22.9 Å². The number of para-hydroxylation sites is 2. The van der Waals surface area contributed by atoms with Gasteiger partial charge in [-0.05, 0) is 67.1 Å². The molecule has 3 rings (SSSR count). The second-order valence-corrected chi connectivity index (χ2v) is 7.58. The Morgan fingerprint density at radius 2 is 1.77 bits per heavy atom. The number of hydrogen-bond acceptors (Lipinski definition) is 6. The molecule has 0 saturated carbocycles. The van der Waals surface area contributed by atoms with Crippen molar-refractivity contribution in [1.29, 1.82) is 0 Å². The molecular weight excluding hydrogens is 453 g/mol. The van der Waals surface area contributed by atoms with E-state index >= 15 is 0 Å². The Morgan fingerprint density at radius 1 is 1.06 bits per heavy atom. The van der Waals surface area contributed by atoms with Crippen LogP contribution in [0.3, 0.4) is 0 Å². The van der Waals surface area contributed by atoms with Gasteiger partial charge in [-0.3, -0.25) is 14.9 Å². The van der Waals surface area contributed by atoms with Crippen molar-refractivity contribution >= 4 is 34.8 Å². The van der Waals surface area contributed by atoms with E-state index in [1.807, 2.05) is 0 Å². The maximum Gasteiger partial charge on any atom is 0.412 e. The van der Waals surface area contributed by atoms with E-state index in [1.165, 1.54) is 25.1 Å². The second-order valence-electron chi connectivity index (χ2n) is 7.58. The number of aromatic hydroxyl groups is 1. The monoisotopic (exact) mass is 477 g/mol. The van der Waals surface area contributed by atoms with Crippen LogP contribution in [0.5, 0.6) is 5.75 Å². The Kier molecular flexibility index (Phi) is 8.18. The third-order valence-corrected chi connectivity index (χ3v) is 4.97. The molecule has 1 atom stereocenters. The number of Topliss-reactive ketones (excluding diaryl/α,β-unsaturated/α-hetero) is 1. The lowest BCUT2D eigenvalue weighted by molar-refractivity contribution is -0.111. The predicted octanol–water partition coefficient (Wildman–Crippen LogP) is 5.19. The van der Waals surface area contributed by atoms with Gasteiger partial charge >= 0.3 is 6.09 Å². The van der Waals surface area contributed by atoms with Crippen molar-refractivity contribution in [2.24, 2.45) is 0 Å². The molecule has 0 fully saturated rings. The Balaban J connectivity index is 1.70. The molecule has 5 N–H and O–H groups in total. The van der Waals surface area contributed by atoms with Crippen molar-refractivity contribution in [3.05, 3.63) is 95.8 Å². The number of carbonyl (C=O) groups excluding carboxylic acids is 3. The van der Waals surface area contributed by atoms with Gasteiger partial charge in [0.25, 0.3) is 0 Å². The summed E-state index contributed by atoms with van der Waals surface area (Å²) < 4.78 is 19.4. The first-order chi connectivity index (χ1) is 16.7. The van der Waals surface area contributed by atoms with Crippen LogP contribution in [0, 0.1) is 5.82 Å². The fourth-order valence-electron chi connectivity index (χ4n) is 3.12. The number of ether oxygens (including phenoxy) is 1. The van der Waals surface area contributed by atoms with Gasteiger partial charge in [0.05, 0.1) is 11.4 Å². The molecule has 3 aromatic carbocycles. The summed E-state index contributed by atoms with van der Waals surface area (Å²) in [7, 11) is 0. The van der Waals surface area contributed by atoms with Crippen molar-refractivity contribution < 1.29 is 28.6 Å². The molecule has 0 aromatic heterocycles. The molecule has 0 saturated heterocycles. The van der Waals surface area contributed by atoms with Gasteiger partial charge in [0.2, 0.25) is 5.91 Å². The molecule has 3 aromatic rings. The molecule has 9 heteroatoms. The largest absolute Gasteiger partial charge is 0.505 e. The molecule has 0 aliphatic carbocycles. The standard InChI is InChI=1S/C26H24FN3O5/c1-16(31)17-9-12-19(13-10-17)29-26(34)35-24(18-11-14-23(32)20(27)15-18)7-4-8-25(33)30-22-6-3-2-5-21(22)28/h2-6,8-15,24,32H,7,28H2,1H3,(H,29,34)(H,30,33)/b8-4+/t24-/m1/s1. The molecule has 180 valence electrons. The summed E-state index contributed by atoms with van der Waals surface area (Å²) >= 11 is 0. The quantitative estimate of drug-likeness (QED) is 0.201. The summed E-state index contributed by atoms with van der Waals surface area (Å²) in [6, 6.07) is 16.6. The SMILES string of the molecule is CC(=O)c1ccc(NC(=O)O[C@H](C/C=C/C(=O)Nc2ccccc2N)c2ccc(O)c(F)c2)cc1. The number of ketones is 1. The predicted molar refractivity (Wildman–Crippen MR) is 131 cm³/mol. The number of nitrogen functional groups attached to an aromatic ring is 1. The lowest BCUT2D eigenvalue weighted by Gasteiger charge is -2.18. The molecule has 0 unspecified atom stereocenters. The van der Waals surface area contributed by atoms with E-state index in [0.29, 0.717) is 22.6 Å². The molecule has 0 heterocycles. The van der Waals surface area contributed by atoms with Gasteiger partial charge in [-0.1, -0.05) is 24.3 Å². The Morgan fingerprint density at radius 3 is 2.43 bits per heavy atom. The number of hydrogen-bond donors (Lipinski definition) is 4. The number of carbonyl (C=O) groups is 3. The number of halogens is 1. The summed E-state index contributed by atoms with van der Waals surface area (Å²) in [4.78, 5) is 36.1. The zero-order chi connectivity index (χ0) is 25.4. The van der Waals surface area contributed by atoms with Crippen molar-refractivity contribution in [3.8, 4) is 5.75 Å². The Labute approximate surface area is 201 Å². The molecule has 0 bridgehead atoms. The molecule has 0 spiro atoms. The van der Waals surface area contributed by atoms with Gasteiger partial charge in [0.1, 0.15) is 6.10 Å². The summed E-state index contributed by atoms with van der Waals surface area (Å²) in [5, 5.41) is 14.7. The van der Waals surface area contributed by atoms with E-state index in [1.54, 1.807) is 48.5 Å². The minimum Gasteiger partial charge on any atom is -0.505 e. The van der Waals surface area contributed by atoms with Crippen LogP contribution in [0.15, 0.2) is 78.9 Å². The van der Waals surface area contributed by atoms with Crippen molar-refractivity contribution in [2.45, 2.75) is 19.4 Å². The lowest BCUT2D eigenvalue weighted by Crippen LogP contribution is -2.17. The number of rotatable bonds is 8. The van der Waals surface area contributed by atoms with Crippen molar-refractivity contribution in [3.63, 3.8) is 0 Å². The van der Waals surface area contributed by atoms with Crippen LogP contribution in [0.4, 0.5) is 26.2 Å². The number of benzene rings is 3. The van der Waals surface area contributed by atoms with E-state index in [2.05, 4.69) is 10.6 Å². The minimum atomic E-state index is -0.965. The first-order valence-electron chi connectivity index (χ1n) is 10.6. The second kappa shape index (κ2) is 11.5. The topological polar surface area (TPSA) is 131 Å². The van der Waals surface area contributed by atoms with Gasteiger partial charge in [-0.2, -0.15) is 0 Å². The maximum absolute atomic E-state index is 13.9. The average molecular weight is 477 g/mol. The Hall–Kier alpha value is -4.66. The highest BCUT2D eigenvalue weighted by Crippen LogP contribution is 2.27. The summed E-state index contributed by atoms with van der Waals surface area (Å²) in [6.07, 6.45) is 0.969. The third-order valence-electron chi connectivity index (χ3n) is 4.97. The van der Waals surface area contributed by atoms with E-state index in [0.717, 1.165) is 12.1 Å². The summed E-state index contributed by atoms with van der Waals surface area (Å²) in [5.74, 6) is -1.98.